The van der Waals surface area contributed by atoms with Gasteiger partial charge in [-0.1, -0.05) is 6.92 Å². The van der Waals surface area contributed by atoms with Crippen LogP contribution >= 0.6 is 0 Å². The van der Waals surface area contributed by atoms with Gasteiger partial charge in [0.2, 0.25) is 0 Å². The van der Waals surface area contributed by atoms with Crippen LogP contribution in [0.15, 0.2) is 18.2 Å². The quantitative estimate of drug-likeness (QED) is 0.866. The summed E-state index contributed by atoms with van der Waals surface area (Å²) < 4.78 is 18.9. The van der Waals surface area contributed by atoms with Crippen molar-refractivity contribution in [2.24, 2.45) is 0 Å². The van der Waals surface area contributed by atoms with E-state index in [-0.39, 0.29) is 18.3 Å². The number of nitrogens with one attached hydrogen (secondary N) is 1. The molecule has 110 valence electrons. The number of carbonyl (C=O) groups excluding carboxylic acids is 1. The van der Waals surface area contributed by atoms with Crippen LogP contribution in [0.3, 0.4) is 0 Å². The van der Waals surface area contributed by atoms with Crippen LogP contribution in [-0.4, -0.2) is 37.0 Å². The van der Waals surface area contributed by atoms with Crippen molar-refractivity contribution in [3.05, 3.63) is 29.6 Å². The van der Waals surface area contributed by atoms with E-state index < -0.39 is 0 Å². The van der Waals surface area contributed by atoms with Crippen molar-refractivity contribution in [2.45, 2.75) is 26.3 Å². The van der Waals surface area contributed by atoms with E-state index in [0.717, 1.165) is 38.0 Å². The molecule has 1 N–H and O–H groups in total. The third kappa shape index (κ3) is 4.20. The molecule has 1 aliphatic heterocycles. The first kappa shape index (κ1) is 14.8. The summed E-state index contributed by atoms with van der Waals surface area (Å²) in [7, 11) is 0. The molecule has 20 heavy (non-hydrogen) atoms. The van der Waals surface area contributed by atoms with Crippen molar-refractivity contribution in [3.63, 3.8) is 0 Å². The number of rotatable bonds is 6. The normalized spacial score (nSPS) is 14.6. The van der Waals surface area contributed by atoms with Crippen LogP contribution in [0.5, 0.6) is 5.75 Å². The van der Waals surface area contributed by atoms with Crippen LogP contribution in [0.1, 0.15) is 25.3 Å². The lowest BCUT2D eigenvalue weighted by atomic mass is 10.2. The summed E-state index contributed by atoms with van der Waals surface area (Å²) >= 11 is 0. The zero-order valence-corrected chi connectivity index (χ0v) is 11.8. The lowest BCUT2D eigenvalue weighted by Crippen LogP contribution is -2.32. The van der Waals surface area contributed by atoms with Gasteiger partial charge in [0.1, 0.15) is 11.6 Å². The molecule has 2 rings (SSSR count). The molecule has 0 bridgehead atoms. The van der Waals surface area contributed by atoms with Crippen LogP contribution in [0.2, 0.25) is 0 Å². The lowest BCUT2D eigenvalue weighted by Gasteiger charge is -2.16. The Kier molecular flexibility index (Phi) is 5.35. The van der Waals surface area contributed by atoms with Gasteiger partial charge in [-0.15, -0.1) is 0 Å². The van der Waals surface area contributed by atoms with Gasteiger partial charge in [-0.3, -0.25) is 4.79 Å². The van der Waals surface area contributed by atoms with Crippen LogP contribution in [0.25, 0.3) is 0 Å². The molecule has 1 amide bonds. The third-order valence-electron chi connectivity index (χ3n) is 3.33. The van der Waals surface area contributed by atoms with Gasteiger partial charge in [-0.2, -0.15) is 0 Å². The Morgan fingerprint density at radius 1 is 1.35 bits per heavy atom. The number of carbonyl (C=O) groups is 1. The van der Waals surface area contributed by atoms with Crippen molar-refractivity contribution >= 4 is 5.91 Å². The average Bonchev–Trinajstić information content (AvgIpc) is 2.96. The molecule has 0 atom stereocenters. The van der Waals surface area contributed by atoms with Gasteiger partial charge in [0.25, 0.3) is 5.91 Å². The Labute approximate surface area is 118 Å². The number of amides is 1. The van der Waals surface area contributed by atoms with E-state index in [0.29, 0.717) is 12.3 Å². The van der Waals surface area contributed by atoms with Crippen LogP contribution in [0, 0.1) is 5.82 Å². The maximum Gasteiger partial charge on any atom is 0.260 e. The highest BCUT2D eigenvalue weighted by atomic mass is 19.1. The van der Waals surface area contributed by atoms with Crippen molar-refractivity contribution in [1.82, 2.24) is 10.2 Å². The summed E-state index contributed by atoms with van der Waals surface area (Å²) in [5.41, 5.74) is 0.815. The second-order valence-electron chi connectivity index (χ2n) is 4.95. The van der Waals surface area contributed by atoms with Gasteiger partial charge >= 0.3 is 0 Å². The second-order valence-corrected chi connectivity index (χ2v) is 4.95. The predicted molar refractivity (Wildman–Crippen MR) is 75.1 cm³/mol. The Bertz CT molecular complexity index is 459. The van der Waals surface area contributed by atoms with E-state index in [4.69, 9.17) is 4.74 Å². The Morgan fingerprint density at radius 2 is 2.10 bits per heavy atom. The molecule has 5 heteroatoms. The second kappa shape index (κ2) is 7.24. The lowest BCUT2D eigenvalue weighted by molar-refractivity contribution is -0.132. The molecule has 1 fully saturated rings. The summed E-state index contributed by atoms with van der Waals surface area (Å²) in [5.74, 6) is 0.0365. The van der Waals surface area contributed by atoms with E-state index in [1.165, 1.54) is 12.1 Å². The van der Waals surface area contributed by atoms with Gasteiger partial charge in [0.05, 0.1) is 0 Å². The van der Waals surface area contributed by atoms with Gasteiger partial charge in [-0.25, -0.2) is 4.39 Å². The van der Waals surface area contributed by atoms with E-state index in [2.05, 4.69) is 5.32 Å². The monoisotopic (exact) mass is 280 g/mol. The van der Waals surface area contributed by atoms with Crippen molar-refractivity contribution in [1.29, 1.82) is 0 Å². The Balaban J connectivity index is 1.91. The zero-order valence-electron chi connectivity index (χ0n) is 11.8. The molecule has 1 heterocycles. The van der Waals surface area contributed by atoms with Crippen molar-refractivity contribution < 1.29 is 13.9 Å². The molecule has 1 saturated heterocycles. The van der Waals surface area contributed by atoms with Gasteiger partial charge in [0.15, 0.2) is 6.61 Å². The van der Waals surface area contributed by atoms with E-state index >= 15 is 0 Å². The molecule has 1 aromatic carbocycles. The van der Waals surface area contributed by atoms with E-state index in [1.54, 1.807) is 11.0 Å². The fourth-order valence-corrected chi connectivity index (χ4v) is 2.28. The van der Waals surface area contributed by atoms with Gasteiger partial charge in [-0.05, 0) is 37.1 Å². The first-order valence-electron chi connectivity index (χ1n) is 7.10. The standard InChI is InChI=1S/C15H21FN2O2/c1-2-17-10-12-7-13(16)9-14(8-12)20-11-15(19)18-5-3-4-6-18/h7-9,17H,2-6,10-11H2,1H3. The molecular formula is C15H21FN2O2. The fraction of sp³-hybridized carbons (Fsp3) is 0.533. The molecule has 0 aliphatic carbocycles. The van der Waals surface area contributed by atoms with Gasteiger partial charge in [0, 0.05) is 25.7 Å². The molecule has 0 aromatic heterocycles. The predicted octanol–water partition coefficient (Wildman–Crippen LogP) is 1.94. The highest BCUT2D eigenvalue weighted by Gasteiger charge is 2.18. The Hall–Kier alpha value is -1.62. The summed E-state index contributed by atoms with van der Waals surface area (Å²) in [6.07, 6.45) is 2.11. The van der Waals surface area contributed by atoms with E-state index in [1.807, 2.05) is 6.92 Å². The van der Waals surface area contributed by atoms with Crippen LogP contribution < -0.4 is 10.1 Å². The molecular weight excluding hydrogens is 259 g/mol. The maximum atomic E-state index is 13.5. The third-order valence-corrected chi connectivity index (χ3v) is 3.33. The number of likely N-dealkylation sites (tertiary alicyclic amines) is 1. The molecule has 0 spiro atoms. The topological polar surface area (TPSA) is 41.6 Å². The molecule has 0 radical (unpaired) electrons. The smallest absolute Gasteiger partial charge is 0.260 e. The summed E-state index contributed by atoms with van der Waals surface area (Å²) in [5, 5.41) is 3.13. The largest absolute Gasteiger partial charge is 0.484 e. The molecule has 1 aromatic rings. The summed E-state index contributed by atoms with van der Waals surface area (Å²) in [6.45, 7) is 4.98. The number of hydrogen-bond donors (Lipinski definition) is 1. The molecule has 1 aliphatic rings. The minimum absolute atomic E-state index is 0.0237. The van der Waals surface area contributed by atoms with Crippen molar-refractivity contribution in [2.75, 3.05) is 26.2 Å². The van der Waals surface area contributed by atoms with Gasteiger partial charge < -0.3 is 15.0 Å². The number of hydrogen-bond acceptors (Lipinski definition) is 3. The fourth-order valence-electron chi connectivity index (χ4n) is 2.28. The number of benzene rings is 1. The summed E-state index contributed by atoms with van der Waals surface area (Å²) in [4.78, 5) is 13.6. The minimum atomic E-state index is -0.343. The zero-order chi connectivity index (χ0) is 14.4. The highest BCUT2D eigenvalue weighted by molar-refractivity contribution is 5.78. The maximum absolute atomic E-state index is 13.5. The van der Waals surface area contributed by atoms with Crippen LogP contribution in [0.4, 0.5) is 4.39 Å². The highest BCUT2D eigenvalue weighted by Crippen LogP contribution is 2.17. The first-order valence-corrected chi connectivity index (χ1v) is 7.10. The molecule has 0 unspecified atom stereocenters. The molecule has 0 saturated carbocycles. The van der Waals surface area contributed by atoms with E-state index in [9.17, 15) is 9.18 Å². The average molecular weight is 280 g/mol. The number of ether oxygens (including phenoxy) is 1. The number of nitrogens with zero attached hydrogens (tertiary/aromatic N) is 1. The minimum Gasteiger partial charge on any atom is -0.484 e. The Morgan fingerprint density at radius 3 is 2.80 bits per heavy atom. The van der Waals surface area contributed by atoms with Crippen LogP contribution in [-0.2, 0) is 11.3 Å². The van der Waals surface area contributed by atoms with Crippen molar-refractivity contribution in [3.8, 4) is 5.75 Å². The first-order chi connectivity index (χ1) is 9.69. The molecule has 4 nitrogen and oxygen atoms in total. The SMILES string of the molecule is CCNCc1cc(F)cc(OCC(=O)N2CCCC2)c1. The number of halogens is 1. The summed E-state index contributed by atoms with van der Waals surface area (Å²) in [6, 6.07) is 4.55.